The van der Waals surface area contributed by atoms with Gasteiger partial charge in [0.15, 0.2) is 0 Å². The van der Waals surface area contributed by atoms with Crippen molar-refractivity contribution >= 4 is 16.7 Å². The quantitative estimate of drug-likeness (QED) is 0.894. The topological polar surface area (TPSA) is 32.3 Å². The minimum atomic E-state index is -4.50. The summed E-state index contributed by atoms with van der Waals surface area (Å²) in [6, 6.07) is 8.68. The molecule has 1 amide bonds. The number of nitrogens with zero attached hydrogens (tertiary/aromatic N) is 1. The predicted octanol–water partition coefficient (Wildman–Crippen LogP) is 4.12. The van der Waals surface area contributed by atoms with Gasteiger partial charge in [-0.15, -0.1) is 0 Å². The molecule has 2 aromatic carbocycles. The molecule has 3 nitrogen and oxygen atoms in total. The first-order valence-electron chi connectivity index (χ1n) is 7.74. The van der Waals surface area contributed by atoms with Crippen LogP contribution >= 0.6 is 0 Å². The summed E-state index contributed by atoms with van der Waals surface area (Å²) < 4.78 is 41.5. The number of hydrazine groups is 1. The third-order valence-corrected chi connectivity index (χ3v) is 4.58. The molecule has 1 aliphatic heterocycles. The van der Waals surface area contributed by atoms with Gasteiger partial charge in [-0.25, -0.2) is 5.01 Å². The van der Waals surface area contributed by atoms with Gasteiger partial charge in [-0.05, 0) is 42.7 Å². The summed E-state index contributed by atoms with van der Waals surface area (Å²) in [6.45, 7) is 4.98. The highest BCUT2D eigenvalue weighted by atomic mass is 19.4. The highest BCUT2D eigenvalue weighted by molar-refractivity contribution is 5.87. The Morgan fingerprint density at radius 1 is 1.17 bits per heavy atom. The number of aryl methyl sites for hydroxylation is 1. The van der Waals surface area contributed by atoms with Crippen molar-refractivity contribution in [1.82, 2.24) is 10.4 Å². The Hall–Kier alpha value is -2.08. The normalized spacial score (nSPS) is 19.5. The lowest BCUT2D eigenvalue weighted by molar-refractivity contribution is -0.191. The minimum absolute atomic E-state index is 0.00226. The molecular formula is C18H19F3N2O. The van der Waals surface area contributed by atoms with Gasteiger partial charge in [-0.2, -0.15) is 13.2 Å². The Kier molecular flexibility index (Phi) is 3.83. The summed E-state index contributed by atoms with van der Waals surface area (Å²) in [7, 11) is 0. The maximum Gasteiger partial charge on any atom is 0.409 e. The Morgan fingerprint density at radius 3 is 2.42 bits per heavy atom. The summed E-state index contributed by atoms with van der Waals surface area (Å²) in [6.07, 6.45) is -4.50. The third kappa shape index (κ3) is 2.75. The standard InChI is InChI=1S/C18H19F3N2O/c1-11-13-7-5-4-6-12(13)8-9-14(11)15(18(19,20)21)23-10-17(2,3)16(24)22-23/h4-9,15H,10H2,1-3H3,(H,22,24)/t15-/m0/s1. The number of hydrogen-bond acceptors (Lipinski definition) is 2. The van der Waals surface area contributed by atoms with Crippen LogP contribution in [0.5, 0.6) is 0 Å². The number of carbonyl (C=O) groups excluding carboxylic acids is 1. The van der Waals surface area contributed by atoms with Gasteiger partial charge in [-0.3, -0.25) is 10.2 Å². The Labute approximate surface area is 138 Å². The van der Waals surface area contributed by atoms with Crippen LogP contribution < -0.4 is 5.43 Å². The smallest absolute Gasteiger partial charge is 0.287 e. The van der Waals surface area contributed by atoms with Gasteiger partial charge in [0, 0.05) is 6.54 Å². The molecule has 6 heteroatoms. The van der Waals surface area contributed by atoms with Gasteiger partial charge in [-0.1, -0.05) is 36.4 Å². The molecule has 1 atom stereocenters. The summed E-state index contributed by atoms with van der Waals surface area (Å²) in [5.41, 5.74) is 2.29. The number of amides is 1. The van der Waals surface area contributed by atoms with Gasteiger partial charge in [0.1, 0.15) is 6.04 Å². The van der Waals surface area contributed by atoms with Crippen LogP contribution in [-0.2, 0) is 4.79 Å². The first-order valence-corrected chi connectivity index (χ1v) is 7.74. The fourth-order valence-corrected chi connectivity index (χ4v) is 3.24. The van der Waals surface area contributed by atoms with E-state index in [1.165, 1.54) is 6.07 Å². The van der Waals surface area contributed by atoms with Crippen molar-refractivity contribution in [2.24, 2.45) is 5.41 Å². The first kappa shape index (κ1) is 16.8. The molecule has 0 spiro atoms. The van der Waals surface area contributed by atoms with E-state index in [0.717, 1.165) is 15.8 Å². The van der Waals surface area contributed by atoms with Crippen molar-refractivity contribution in [3.63, 3.8) is 0 Å². The number of fused-ring (bicyclic) bond motifs is 1. The van der Waals surface area contributed by atoms with Crippen molar-refractivity contribution in [3.8, 4) is 0 Å². The molecule has 1 heterocycles. The molecule has 0 radical (unpaired) electrons. The van der Waals surface area contributed by atoms with Gasteiger partial charge in [0.05, 0.1) is 5.41 Å². The van der Waals surface area contributed by atoms with Gasteiger partial charge < -0.3 is 0 Å². The summed E-state index contributed by atoms with van der Waals surface area (Å²) in [5, 5.41) is 2.69. The second kappa shape index (κ2) is 5.48. The van der Waals surface area contributed by atoms with E-state index in [2.05, 4.69) is 5.43 Å². The molecule has 1 fully saturated rings. The van der Waals surface area contributed by atoms with E-state index in [1.54, 1.807) is 26.8 Å². The van der Waals surface area contributed by atoms with Gasteiger partial charge >= 0.3 is 6.18 Å². The highest BCUT2D eigenvalue weighted by Gasteiger charge is 2.51. The number of halogens is 3. The zero-order chi connectivity index (χ0) is 17.7. The van der Waals surface area contributed by atoms with E-state index in [9.17, 15) is 18.0 Å². The van der Waals surface area contributed by atoms with Crippen molar-refractivity contribution in [2.45, 2.75) is 33.0 Å². The maximum absolute atomic E-state index is 13.8. The molecule has 0 saturated carbocycles. The number of rotatable bonds is 2. The second-order valence-corrected chi connectivity index (χ2v) is 6.90. The van der Waals surface area contributed by atoms with E-state index in [-0.39, 0.29) is 12.1 Å². The summed E-state index contributed by atoms with van der Waals surface area (Å²) >= 11 is 0. The molecule has 2 aromatic rings. The van der Waals surface area contributed by atoms with Crippen LogP contribution in [0.1, 0.15) is 31.0 Å². The minimum Gasteiger partial charge on any atom is -0.287 e. The van der Waals surface area contributed by atoms with Crippen molar-refractivity contribution in [2.75, 3.05) is 6.54 Å². The van der Waals surface area contributed by atoms with Crippen molar-refractivity contribution in [1.29, 1.82) is 0 Å². The molecule has 1 aliphatic rings. The maximum atomic E-state index is 13.8. The molecule has 0 aliphatic carbocycles. The highest BCUT2D eigenvalue weighted by Crippen LogP contribution is 2.42. The Morgan fingerprint density at radius 2 is 1.83 bits per heavy atom. The average molecular weight is 336 g/mol. The van der Waals surface area contributed by atoms with Crippen molar-refractivity contribution < 1.29 is 18.0 Å². The molecular weight excluding hydrogens is 317 g/mol. The van der Waals surface area contributed by atoms with Crippen LogP contribution in [0.15, 0.2) is 36.4 Å². The molecule has 0 bridgehead atoms. The van der Waals surface area contributed by atoms with Crippen molar-refractivity contribution in [3.05, 3.63) is 47.5 Å². The average Bonchev–Trinajstić information content (AvgIpc) is 2.74. The molecule has 0 aromatic heterocycles. The van der Waals surface area contributed by atoms with E-state index in [0.29, 0.717) is 5.56 Å². The van der Waals surface area contributed by atoms with E-state index in [1.807, 2.05) is 24.3 Å². The van der Waals surface area contributed by atoms with Gasteiger partial charge in [0.2, 0.25) is 5.91 Å². The van der Waals surface area contributed by atoms with Crippen LogP contribution in [0.4, 0.5) is 13.2 Å². The molecule has 1 N–H and O–H groups in total. The summed E-state index contributed by atoms with van der Waals surface area (Å²) in [5.74, 6) is -0.393. The number of nitrogens with one attached hydrogen (secondary N) is 1. The number of carbonyl (C=O) groups is 1. The zero-order valence-corrected chi connectivity index (χ0v) is 13.7. The molecule has 0 unspecified atom stereocenters. The lowest BCUT2D eigenvalue weighted by Gasteiger charge is -2.31. The molecule has 128 valence electrons. The molecule has 24 heavy (non-hydrogen) atoms. The molecule has 3 rings (SSSR count). The monoisotopic (exact) mass is 336 g/mol. The van der Waals surface area contributed by atoms with E-state index in [4.69, 9.17) is 0 Å². The first-order chi connectivity index (χ1) is 11.1. The lowest BCUT2D eigenvalue weighted by atomic mass is 9.92. The largest absolute Gasteiger partial charge is 0.409 e. The van der Waals surface area contributed by atoms with E-state index >= 15 is 0 Å². The van der Waals surface area contributed by atoms with Gasteiger partial charge in [0.25, 0.3) is 0 Å². The van der Waals surface area contributed by atoms with Crippen LogP contribution in [0.3, 0.4) is 0 Å². The van der Waals surface area contributed by atoms with Crippen LogP contribution in [0.2, 0.25) is 0 Å². The number of hydrogen-bond donors (Lipinski definition) is 1. The van der Waals surface area contributed by atoms with Crippen LogP contribution in [0.25, 0.3) is 10.8 Å². The predicted molar refractivity (Wildman–Crippen MR) is 86.1 cm³/mol. The lowest BCUT2D eigenvalue weighted by Crippen LogP contribution is -2.43. The Balaban J connectivity index is 2.12. The molecule has 1 saturated heterocycles. The fourth-order valence-electron chi connectivity index (χ4n) is 3.24. The summed E-state index contributed by atoms with van der Waals surface area (Å²) in [4.78, 5) is 11.9. The Bertz CT molecular complexity index is 798. The fraction of sp³-hybridized carbons (Fsp3) is 0.389. The third-order valence-electron chi connectivity index (χ3n) is 4.58. The second-order valence-electron chi connectivity index (χ2n) is 6.90. The van der Waals surface area contributed by atoms with E-state index < -0.39 is 23.5 Å². The van der Waals surface area contributed by atoms with Crippen LogP contribution in [0, 0.1) is 12.3 Å². The zero-order valence-electron chi connectivity index (χ0n) is 13.7. The van der Waals surface area contributed by atoms with Crippen LogP contribution in [-0.4, -0.2) is 23.6 Å². The SMILES string of the molecule is Cc1c([C@H](N2CC(C)(C)C(=O)N2)C(F)(F)F)ccc2ccccc12. The number of benzene rings is 2. The number of alkyl halides is 3.